The summed E-state index contributed by atoms with van der Waals surface area (Å²) >= 11 is 2.64. The first-order chi connectivity index (χ1) is 11.4. The summed E-state index contributed by atoms with van der Waals surface area (Å²) in [6.45, 7) is 4.42. The number of aromatic nitrogens is 1. The number of piperidine rings is 1. The molecule has 9 heteroatoms. The Kier molecular flexibility index (Phi) is 5.05. The van der Waals surface area contributed by atoms with Crippen LogP contribution in [0.25, 0.3) is 0 Å². The molecule has 0 radical (unpaired) electrons. The highest BCUT2D eigenvalue weighted by molar-refractivity contribution is 7.91. The van der Waals surface area contributed by atoms with Crippen LogP contribution in [0.2, 0.25) is 0 Å². The topological polar surface area (TPSA) is 79.4 Å². The fourth-order valence-corrected chi connectivity index (χ4v) is 6.32. The Morgan fingerprint density at radius 1 is 1.38 bits per heavy atom. The summed E-state index contributed by atoms with van der Waals surface area (Å²) < 4.78 is 27.2. The van der Waals surface area contributed by atoms with Crippen LogP contribution in [0.5, 0.6) is 0 Å². The summed E-state index contributed by atoms with van der Waals surface area (Å²) in [6, 6.07) is 3.44. The number of carbonyl (C=O) groups is 1. The van der Waals surface area contributed by atoms with Gasteiger partial charge in [-0.1, -0.05) is 0 Å². The zero-order chi connectivity index (χ0) is 17.3. The Morgan fingerprint density at radius 2 is 2.17 bits per heavy atom. The molecular formula is C15H19N3O3S3. The van der Waals surface area contributed by atoms with Crippen LogP contribution in [0.15, 0.2) is 21.7 Å². The number of hydrogen-bond acceptors (Lipinski definition) is 6. The van der Waals surface area contributed by atoms with Gasteiger partial charge in [0, 0.05) is 23.3 Å². The SMILES string of the molecule is Cc1csc(NC(=O)[C@@H]2CCCN(S(=O)(=O)c3ccc(C)s3)C2)n1. The minimum Gasteiger partial charge on any atom is -0.302 e. The summed E-state index contributed by atoms with van der Waals surface area (Å²) in [7, 11) is -3.52. The molecule has 0 aromatic carbocycles. The second-order valence-corrected chi connectivity index (χ2v) is 10.2. The zero-order valence-corrected chi connectivity index (χ0v) is 15.9. The first-order valence-electron chi connectivity index (χ1n) is 7.66. The van der Waals surface area contributed by atoms with Crippen molar-refractivity contribution in [2.45, 2.75) is 30.9 Å². The maximum atomic E-state index is 12.7. The van der Waals surface area contributed by atoms with E-state index in [0.29, 0.717) is 28.7 Å². The average Bonchev–Trinajstić information content (AvgIpc) is 3.16. The number of amides is 1. The molecule has 1 atom stereocenters. The van der Waals surface area contributed by atoms with Crippen LogP contribution in [0.3, 0.4) is 0 Å². The number of hydrogen-bond donors (Lipinski definition) is 1. The Hall–Kier alpha value is -1.29. The van der Waals surface area contributed by atoms with Gasteiger partial charge in [-0.15, -0.1) is 22.7 Å². The maximum absolute atomic E-state index is 12.7. The molecule has 1 aliphatic heterocycles. The number of sulfonamides is 1. The molecule has 0 aliphatic carbocycles. The first kappa shape index (κ1) is 17.5. The van der Waals surface area contributed by atoms with Crippen molar-refractivity contribution in [3.8, 4) is 0 Å². The van der Waals surface area contributed by atoms with Crippen molar-refractivity contribution < 1.29 is 13.2 Å². The summed E-state index contributed by atoms with van der Waals surface area (Å²) in [4.78, 5) is 17.6. The number of thiazole rings is 1. The van der Waals surface area contributed by atoms with Crippen molar-refractivity contribution in [3.05, 3.63) is 28.1 Å². The van der Waals surface area contributed by atoms with Gasteiger partial charge < -0.3 is 5.32 Å². The normalized spacial score (nSPS) is 19.3. The Bertz CT molecular complexity index is 841. The minimum absolute atomic E-state index is 0.161. The third-order valence-corrected chi connectivity index (χ3v) is 8.12. The molecule has 1 fully saturated rings. The fraction of sp³-hybridized carbons (Fsp3) is 0.467. The number of nitrogens with zero attached hydrogens (tertiary/aromatic N) is 2. The largest absolute Gasteiger partial charge is 0.302 e. The minimum atomic E-state index is -3.52. The van der Waals surface area contributed by atoms with Gasteiger partial charge in [-0.2, -0.15) is 4.31 Å². The molecule has 1 N–H and O–H groups in total. The molecule has 130 valence electrons. The molecular weight excluding hydrogens is 366 g/mol. The van der Waals surface area contributed by atoms with E-state index in [4.69, 9.17) is 0 Å². The van der Waals surface area contributed by atoms with E-state index in [1.165, 1.54) is 27.0 Å². The van der Waals surface area contributed by atoms with E-state index in [9.17, 15) is 13.2 Å². The van der Waals surface area contributed by atoms with Crippen LogP contribution in [-0.2, 0) is 14.8 Å². The van der Waals surface area contributed by atoms with Crippen molar-refractivity contribution in [2.24, 2.45) is 5.92 Å². The fourth-order valence-electron chi connectivity index (χ4n) is 2.67. The molecule has 1 aliphatic rings. The van der Waals surface area contributed by atoms with Crippen LogP contribution in [0.4, 0.5) is 5.13 Å². The van der Waals surface area contributed by atoms with Crippen molar-refractivity contribution >= 4 is 43.7 Å². The Labute approximate surface area is 149 Å². The first-order valence-corrected chi connectivity index (χ1v) is 10.8. The third kappa shape index (κ3) is 3.69. The number of anilines is 1. The van der Waals surface area contributed by atoms with Gasteiger partial charge in [0.2, 0.25) is 5.91 Å². The lowest BCUT2D eigenvalue weighted by atomic mass is 9.99. The molecule has 2 aromatic heterocycles. The van der Waals surface area contributed by atoms with Crippen molar-refractivity contribution in [3.63, 3.8) is 0 Å². The van der Waals surface area contributed by atoms with Crippen molar-refractivity contribution in [2.75, 3.05) is 18.4 Å². The van der Waals surface area contributed by atoms with Crippen LogP contribution in [-0.4, -0.2) is 36.7 Å². The lowest BCUT2D eigenvalue weighted by Gasteiger charge is -2.30. The van der Waals surface area contributed by atoms with Crippen LogP contribution in [0, 0.1) is 19.8 Å². The highest BCUT2D eigenvalue weighted by Crippen LogP contribution is 2.28. The summed E-state index contributed by atoms with van der Waals surface area (Å²) in [5.41, 5.74) is 0.858. The van der Waals surface area contributed by atoms with Gasteiger partial charge >= 0.3 is 0 Å². The van der Waals surface area contributed by atoms with Crippen LogP contribution in [0.1, 0.15) is 23.4 Å². The molecule has 0 bridgehead atoms. The van der Waals surface area contributed by atoms with Gasteiger partial charge in [0.15, 0.2) is 5.13 Å². The van der Waals surface area contributed by atoms with Gasteiger partial charge in [-0.25, -0.2) is 13.4 Å². The molecule has 1 saturated heterocycles. The summed E-state index contributed by atoms with van der Waals surface area (Å²) in [5.74, 6) is -0.509. The number of nitrogens with one attached hydrogen (secondary N) is 1. The predicted octanol–water partition coefficient (Wildman–Crippen LogP) is 2.86. The number of thiophene rings is 1. The van der Waals surface area contributed by atoms with Gasteiger partial charge in [0.05, 0.1) is 11.6 Å². The smallest absolute Gasteiger partial charge is 0.252 e. The monoisotopic (exact) mass is 385 g/mol. The molecule has 3 heterocycles. The predicted molar refractivity (Wildman–Crippen MR) is 96.0 cm³/mol. The summed E-state index contributed by atoms with van der Waals surface area (Å²) in [6.07, 6.45) is 1.37. The second-order valence-electron chi connectivity index (χ2n) is 5.85. The van der Waals surface area contributed by atoms with E-state index in [1.807, 2.05) is 19.2 Å². The van der Waals surface area contributed by atoms with Crippen molar-refractivity contribution in [1.82, 2.24) is 9.29 Å². The molecule has 24 heavy (non-hydrogen) atoms. The standard InChI is InChI=1S/C15H19N3O3S3/c1-10-9-22-15(16-10)17-14(19)12-4-3-7-18(8-12)24(20,21)13-6-5-11(2)23-13/h5-6,9,12H,3-4,7-8H2,1-2H3,(H,16,17,19)/t12-/m1/s1. The molecule has 6 nitrogen and oxygen atoms in total. The number of aryl methyl sites for hydroxylation is 2. The van der Waals surface area contributed by atoms with E-state index in [0.717, 1.165) is 10.6 Å². The average molecular weight is 386 g/mol. The summed E-state index contributed by atoms with van der Waals surface area (Å²) in [5, 5.41) is 5.23. The number of rotatable bonds is 4. The van der Waals surface area contributed by atoms with E-state index in [-0.39, 0.29) is 18.4 Å². The van der Waals surface area contributed by atoms with Crippen LogP contribution < -0.4 is 5.32 Å². The second kappa shape index (κ2) is 6.91. The van der Waals surface area contributed by atoms with E-state index < -0.39 is 10.0 Å². The highest BCUT2D eigenvalue weighted by Gasteiger charge is 2.34. The lowest BCUT2D eigenvalue weighted by molar-refractivity contribution is -0.120. The van der Waals surface area contributed by atoms with Gasteiger partial charge in [-0.3, -0.25) is 4.79 Å². The highest BCUT2D eigenvalue weighted by atomic mass is 32.2. The number of carbonyl (C=O) groups excluding carboxylic acids is 1. The molecule has 3 rings (SSSR count). The third-order valence-electron chi connectivity index (χ3n) is 3.91. The molecule has 2 aromatic rings. The van der Waals surface area contributed by atoms with E-state index >= 15 is 0 Å². The maximum Gasteiger partial charge on any atom is 0.252 e. The van der Waals surface area contributed by atoms with Crippen LogP contribution >= 0.6 is 22.7 Å². The van der Waals surface area contributed by atoms with Gasteiger partial charge in [0.1, 0.15) is 4.21 Å². The molecule has 1 amide bonds. The van der Waals surface area contributed by atoms with E-state index in [2.05, 4.69) is 10.3 Å². The van der Waals surface area contributed by atoms with Gasteiger partial charge in [-0.05, 0) is 38.8 Å². The Balaban J connectivity index is 1.71. The van der Waals surface area contributed by atoms with Gasteiger partial charge in [0.25, 0.3) is 10.0 Å². The molecule has 0 spiro atoms. The van der Waals surface area contributed by atoms with Crippen molar-refractivity contribution in [1.29, 1.82) is 0 Å². The quantitative estimate of drug-likeness (QED) is 0.878. The lowest BCUT2D eigenvalue weighted by Crippen LogP contribution is -2.43. The molecule has 0 unspecified atom stereocenters. The molecule has 0 saturated carbocycles. The Morgan fingerprint density at radius 3 is 2.79 bits per heavy atom. The van der Waals surface area contributed by atoms with E-state index in [1.54, 1.807) is 12.1 Å². The zero-order valence-electron chi connectivity index (χ0n) is 13.5.